The fourth-order valence-corrected chi connectivity index (χ4v) is 1.46. The number of nitriles is 1. The molecular weight excluding hydrogens is 212 g/mol. The molecule has 2 aromatic heterocycles. The number of nitrogens with one attached hydrogen (secondary N) is 1. The lowest BCUT2D eigenvalue weighted by molar-refractivity contribution is 1.01. The van der Waals surface area contributed by atoms with E-state index in [9.17, 15) is 0 Å². The molecule has 1 N–H and O–H groups in total. The van der Waals surface area contributed by atoms with Crippen LogP contribution >= 0.6 is 0 Å². The number of rotatable bonds is 3. The maximum atomic E-state index is 8.62. The van der Waals surface area contributed by atoms with Crippen LogP contribution in [0.4, 0.5) is 5.69 Å². The number of hydrogen-bond acceptors (Lipinski definition) is 4. The van der Waals surface area contributed by atoms with Crippen LogP contribution in [0.2, 0.25) is 0 Å². The van der Waals surface area contributed by atoms with E-state index in [2.05, 4.69) is 15.3 Å². The third kappa shape index (κ3) is 3.02. The van der Waals surface area contributed by atoms with E-state index in [-0.39, 0.29) is 0 Å². The summed E-state index contributed by atoms with van der Waals surface area (Å²) < 4.78 is 0. The first-order valence-corrected chi connectivity index (χ1v) is 5.30. The zero-order valence-corrected chi connectivity index (χ0v) is 9.51. The lowest BCUT2D eigenvalue weighted by Crippen LogP contribution is -2.02. The quantitative estimate of drug-likeness (QED) is 0.868. The minimum Gasteiger partial charge on any atom is -0.378 e. The predicted molar refractivity (Wildman–Crippen MR) is 65.3 cm³/mol. The highest BCUT2D eigenvalue weighted by atomic mass is 14.9. The molecule has 0 unspecified atom stereocenters. The van der Waals surface area contributed by atoms with E-state index in [0.29, 0.717) is 12.2 Å². The van der Waals surface area contributed by atoms with E-state index >= 15 is 0 Å². The zero-order chi connectivity index (χ0) is 12.1. The Labute approximate surface area is 100.0 Å². The predicted octanol–water partition coefficient (Wildman–Crippen LogP) is 2.27. The van der Waals surface area contributed by atoms with Crippen molar-refractivity contribution in [1.29, 1.82) is 5.26 Å². The fraction of sp³-hybridized carbons (Fsp3) is 0.154. The Morgan fingerprint density at radius 1 is 1.29 bits per heavy atom. The summed E-state index contributed by atoms with van der Waals surface area (Å²) in [5.41, 5.74) is 3.29. The third-order valence-corrected chi connectivity index (χ3v) is 2.30. The summed E-state index contributed by atoms with van der Waals surface area (Å²) in [5.74, 6) is 0. The second kappa shape index (κ2) is 5.08. The van der Waals surface area contributed by atoms with Gasteiger partial charge in [0.05, 0.1) is 24.1 Å². The van der Waals surface area contributed by atoms with Gasteiger partial charge in [-0.3, -0.25) is 4.98 Å². The first-order chi connectivity index (χ1) is 8.28. The van der Waals surface area contributed by atoms with Crippen LogP contribution in [0.15, 0.2) is 36.5 Å². The minimum absolute atomic E-state index is 0.421. The van der Waals surface area contributed by atoms with Gasteiger partial charge in [0.1, 0.15) is 11.8 Å². The Bertz CT molecular complexity index is 540. The highest BCUT2D eigenvalue weighted by molar-refractivity contribution is 5.42. The van der Waals surface area contributed by atoms with Crippen molar-refractivity contribution in [1.82, 2.24) is 9.97 Å². The monoisotopic (exact) mass is 224 g/mol. The van der Waals surface area contributed by atoms with E-state index in [4.69, 9.17) is 5.26 Å². The van der Waals surface area contributed by atoms with Gasteiger partial charge in [0.15, 0.2) is 0 Å². The number of pyridine rings is 2. The van der Waals surface area contributed by atoms with Crippen molar-refractivity contribution in [3.63, 3.8) is 0 Å². The summed E-state index contributed by atoms with van der Waals surface area (Å²) in [6.45, 7) is 2.61. The van der Waals surface area contributed by atoms with Crippen LogP contribution in [0.3, 0.4) is 0 Å². The second-order valence-electron chi connectivity index (χ2n) is 3.67. The largest absolute Gasteiger partial charge is 0.378 e. The van der Waals surface area contributed by atoms with E-state index in [1.807, 2.05) is 37.3 Å². The Morgan fingerprint density at radius 3 is 2.82 bits per heavy atom. The molecule has 17 heavy (non-hydrogen) atoms. The lowest BCUT2D eigenvalue weighted by atomic mass is 10.3. The highest BCUT2D eigenvalue weighted by Crippen LogP contribution is 2.07. The number of aromatic nitrogens is 2. The molecule has 0 amide bonds. The normalized spacial score (nSPS) is 9.65. The van der Waals surface area contributed by atoms with Gasteiger partial charge in [-0.2, -0.15) is 5.26 Å². The molecule has 4 nitrogen and oxygen atoms in total. The summed E-state index contributed by atoms with van der Waals surface area (Å²) >= 11 is 0. The van der Waals surface area contributed by atoms with Gasteiger partial charge in [0.2, 0.25) is 0 Å². The van der Waals surface area contributed by atoms with Crippen molar-refractivity contribution in [2.45, 2.75) is 13.5 Å². The fourth-order valence-electron chi connectivity index (χ4n) is 1.46. The van der Waals surface area contributed by atoms with Crippen molar-refractivity contribution in [3.05, 3.63) is 53.6 Å². The Balaban J connectivity index is 2.00. The van der Waals surface area contributed by atoms with E-state index in [1.54, 1.807) is 12.3 Å². The third-order valence-electron chi connectivity index (χ3n) is 2.30. The first-order valence-electron chi connectivity index (χ1n) is 5.30. The molecule has 84 valence electrons. The van der Waals surface area contributed by atoms with E-state index < -0.39 is 0 Å². The van der Waals surface area contributed by atoms with Gasteiger partial charge in [0.25, 0.3) is 0 Å². The molecule has 0 aromatic carbocycles. The average molecular weight is 224 g/mol. The number of hydrogen-bond donors (Lipinski definition) is 1. The molecule has 0 atom stereocenters. The van der Waals surface area contributed by atoms with Crippen molar-refractivity contribution in [2.24, 2.45) is 0 Å². The molecule has 2 heterocycles. The van der Waals surface area contributed by atoms with Crippen LogP contribution in [0.25, 0.3) is 0 Å². The molecular formula is C13H12N4. The van der Waals surface area contributed by atoms with Crippen LogP contribution in [0, 0.1) is 18.3 Å². The molecule has 0 bridgehead atoms. The van der Waals surface area contributed by atoms with Crippen molar-refractivity contribution in [3.8, 4) is 6.07 Å². The van der Waals surface area contributed by atoms with E-state index in [1.165, 1.54) is 0 Å². The van der Waals surface area contributed by atoms with Gasteiger partial charge < -0.3 is 5.32 Å². The van der Waals surface area contributed by atoms with Crippen molar-refractivity contribution in [2.75, 3.05) is 5.32 Å². The minimum atomic E-state index is 0.421. The molecule has 0 spiro atoms. The van der Waals surface area contributed by atoms with Crippen LogP contribution in [-0.2, 0) is 6.54 Å². The molecule has 2 rings (SSSR count). The van der Waals surface area contributed by atoms with Gasteiger partial charge in [-0.1, -0.05) is 6.07 Å². The van der Waals surface area contributed by atoms with Crippen LogP contribution in [0.1, 0.15) is 17.1 Å². The summed E-state index contributed by atoms with van der Waals surface area (Å²) in [5, 5.41) is 11.8. The average Bonchev–Trinajstić information content (AvgIpc) is 2.37. The topological polar surface area (TPSA) is 61.6 Å². The molecule has 0 fully saturated rings. The number of nitrogens with zero attached hydrogens (tertiary/aromatic N) is 3. The maximum absolute atomic E-state index is 8.62. The standard InChI is InChI=1S/C13H12N4/c1-10-3-2-4-13(17-10)9-16-12-6-5-11(7-14)15-8-12/h2-6,8,16H,9H2,1H3. The zero-order valence-electron chi connectivity index (χ0n) is 9.51. The molecule has 0 aliphatic heterocycles. The summed E-state index contributed by atoms with van der Waals surface area (Å²) in [6, 6.07) is 11.4. The van der Waals surface area contributed by atoms with Crippen LogP contribution in [-0.4, -0.2) is 9.97 Å². The Morgan fingerprint density at radius 2 is 2.18 bits per heavy atom. The van der Waals surface area contributed by atoms with Gasteiger partial charge in [0, 0.05) is 5.69 Å². The first kappa shape index (κ1) is 11.1. The molecule has 0 aliphatic carbocycles. The molecule has 0 saturated carbocycles. The van der Waals surface area contributed by atoms with Gasteiger partial charge >= 0.3 is 0 Å². The molecule has 2 aromatic rings. The van der Waals surface area contributed by atoms with Gasteiger partial charge in [-0.15, -0.1) is 0 Å². The smallest absolute Gasteiger partial charge is 0.140 e. The van der Waals surface area contributed by atoms with Gasteiger partial charge in [-0.25, -0.2) is 4.98 Å². The molecule has 0 radical (unpaired) electrons. The van der Waals surface area contributed by atoms with Crippen LogP contribution < -0.4 is 5.32 Å². The van der Waals surface area contributed by atoms with E-state index in [0.717, 1.165) is 17.1 Å². The number of aryl methyl sites for hydroxylation is 1. The summed E-state index contributed by atoms with van der Waals surface area (Å²) in [4.78, 5) is 8.37. The van der Waals surface area contributed by atoms with Crippen molar-refractivity contribution >= 4 is 5.69 Å². The Hall–Kier alpha value is -2.41. The number of anilines is 1. The highest BCUT2D eigenvalue weighted by Gasteiger charge is 1.97. The maximum Gasteiger partial charge on any atom is 0.140 e. The lowest BCUT2D eigenvalue weighted by Gasteiger charge is -2.05. The summed E-state index contributed by atoms with van der Waals surface area (Å²) in [7, 11) is 0. The molecule has 4 heteroatoms. The second-order valence-corrected chi connectivity index (χ2v) is 3.67. The van der Waals surface area contributed by atoms with Crippen molar-refractivity contribution < 1.29 is 0 Å². The van der Waals surface area contributed by atoms with Crippen LogP contribution in [0.5, 0.6) is 0 Å². The Kier molecular flexibility index (Phi) is 3.31. The summed E-state index contributed by atoms with van der Waals surface area (Å²) in [6.07, 6.45) is 1.65. The SMILES string of the molecule is Cc1cccc(CNc2ccc(C#N)nc2)n1. The molecule has 0 aliphatic rings. The van der Waals surface area contributed by atoms with Gasteiger partial charge in [-0.05, 0) is 31.2 Å². The molecule has 0 saturated heterocycles.